The molecule has 1 aliphatic heterocycles. The van der Waals surface area contributed by atoms with Crippen molar-refractivity contribution in [2.24, 2.45) is 0 Å². The Morgan fingerprint density at radius 2 is 2.04 bits per heavy atom. The molecule has 0 atom stereocenters. The Labute approximate surface area is 135 Å². The molecule has 0 fully saturated rings. The van der Waals surface area contributed by atoms with Crippen molar-refractivity contribution in [3.8, 4) is 11.5 Å². The molecule has 1 aromatic heterocycles. The lowest BCUT2D eigenvalue weighted by Gasteiger charge is -2.19. The van der Waals surface area contributed by atoms with E-state index in [1.807, 2.05) is 44.2 Å². The lowest BCUT2D eigenvalue weighted by atomic mass is 10.2. The van der Waals surface area contributed by atoms with Crippen LogP contribution in [-0.2, 0) is 11.3 Å². The Hall–Kier alpha value is -2.69. The molecular weight excluding hydrogens is 294 g/mol. The Kier molecular flexibility index (Phi) is 4.37. The van der Waals surface area contributed by atoms with E-state index in [1.54, 1.807) is 11.0 Å². The third kappa shape index (κ3) is 3.56. The number of fused-ring (bicyclic) bond motifs is 1. The summed E-state index contributed by atoms with van der Waals surface area (Å²) >= 11 is 0. The highest BCUT2D eigenvalue weighted by atomic mass is 16.7. The summed E-state index contributed by atoms with van der Waals surface area (Å²) in [5, 5.41) is 0. The van der Waals surface area contributed by atoms with Gasteiger partial charge in [-0.1, -0.05) is 6.07 Å². The number of carbonyl (C=O) groups excluding carboxylic acids is 1. The molecule has 1 amide bonds. The summed E-state index contributed by atoms with van der Waals surface area (Å²) in [6, 6.07) is 9.44. The van der Waals surface area contributed by atoms with Gasteiger partial charge in [0.15, 0.2) is 11.5 Å². The fraction of sp³-hybridized carbons (Fsp3) is 0.278. The molecule has 5 heteroatoms. The van der Waals surface area contributed by atoms with Crippen LogP contribution in [0.5, 0.6) is 11.5 Å². The zero-order valence-corrected chi connectivity index (χ0v) is 13.2. The number of nitrogens with zero attached hydrogens (tertiary/aromatic N) is 1. The van der Waals surface area contributed by atoms with E-state index in [-0.39, 0.29) is 12.7 Å². The van der Waals surface area contributed by atoms with Gasteiger partial charge in [-0.05, 0) is 49.8 Å². The molecule has 0 unspecified atom stereocenters. The van der Waals surface area contributed by atoms with E-state index in [0.717, 1.165) is 22.8 Å². The van der Waals surface area contributed by atoms with Crippen LogP contribution in [0.1, 0.15) is 24.0 Å². The molecule has 0 aliphatic carbocycles. The summed E-state index contributed by atoms with van der Waals surface area (Å²) < 4.78 is 16.1. The maximum absolute atomic E-state index is 12.3. The first-order chi connectivity index (χ1) is 11.2. The van der Waals surface area contributed by atoms with Crippen molar-refractivity contribution in [1.29, 1.82) is 0 Å². The van der Waals surface area contributed by atoms with Crippen molar-refractivity contribution in [3.05, 3.63) is 53.5 Å². The van der Waals surface area contributed by atoms with Gasteiger partial charge in [0.25, 0.3) is 0 Å². The van der Waals surface area contributed by atoms with Crippen molar-refractivity contribution in [2.75, 3.05) is 13.3 Å². The van der Waals surface area contributed by atoms with Crippen LogP contribution in [-0.4, -0.2) is 24.1 Å². The number of carbonyl (C=O) groups is 1. The van der Waals surface area contributed by atoms with Crippen molar-refractivity contribution < 1.29 is 18.7 Å². The van der Waals surface area contributed by atoms with Gasteiger partial charge < -0.3 is 18.8 Å². The van der Waals surface area contributed by atoms with E-state index in [0.29, 0.717) is 18.8 Å². The second-order valence-corrected chi connectivity index (χ2v) is 5.32. The van der Waals surface area contributed by atoms with E-state index >= 15 is 0 Å². The molecule has 1 aromatic carbocycles. The maximum atomic E-state index is 12.3. The zero-order valence-electron chi connectivity index (χ0n) is 13.2. The molecule has 3 rings (SSSR count). The number of furan rings is 1. The van der Waals surface area contributed by atoms with Gasteiger partial charge in [0.05, 0.1) is 0 Å². The van der Waals surface area contributed by atoms with Gasteiger partial charge >= 0.3 is 0 Å². The number of ether oxygens (including phenoxy) is 2. The highest BCUT2D eigenvalue weighted by molar-refractivity contribution is 5.91. The molecule has 1 aliphatic rings. The lowest BCUT2D eigenvalue weighted by molar-refractivity contribution is -0.126. The van der Waals surface area contributed by atoms with Crippen molar-refractivity contribution in [2.45, 2.75) is 20.4 Å². The van der Waals surface area contributed by atoms with Crippen molar-refractivity contribution in [1.82, 2.24) is 4.90 Å². The second-order valence-electron chi connectivity index (χ2n) is 5.32. The Morgan fingerprint density at radius 1 is 1.22 bits per heavy atom. The van der Waals surface area contributed by atoms with Gasteiger partial charge in [0, 0.05) is 19.2 Å². The van der Waals surface area contributed by atoms with E-state index in [1.165, 1.54) is 6.08 Å². The monoisotopic (exact) mass is 313 g/mol. The topological polar surface area (TPSA) is 51.9 Å². The minimum Gasteiger partial charge on any atom is -0.462 e. The summed E-state index contributed by atoms with van der Waals surface area (Å²) in [4.78, 5) is 14.1. The standard InChI is InChI=1S/C18H19NO4/c1-3-19(18(20)9-7-15-6-4-13(2)23-15)11-14-5-8-16-17(10-14)22-12-21-16/h4-10H,3,11-12H2,1-2H3/b9-7+. The zero-order chi connectivity index (χ0) is 16.2. The quantitative estimate of drug-likeness (QED) is 0.794. The number of amides is 1. The smallest absolute Gasteiger partial charge is 0.246 e. The molecule has 0 radical (unpaired) electrons. The Morgan fingerprint density at radius 3 is 2.78 bits per heavy atom. The predicted molar refractivity (Wildman–Crippen MR) is 86.1 cm³/mol. The van der Waals surface area contributed by atoms with Gasteiger partial charge in [-0.2, -0.15) is 0 Å². The van der Waals surface area contributed by atoms with Crippen molar-refractivity contribution in [3.63, 3.8) is 0 Å². The van der Waals surface area contributed by atoms with Crippen LogP contribution >= 0.6 is 0 Å². The van der Waals surface area contributed by atoms with Crippen LogP contribution in [0.4, 0.5) is 0 Å². The SMILES string of the molecule is CCN(Cc1ccc2c(c1)OCO2)C(=O)/C=C/c1ccc(C)o1. The van der Waals surface area contributed by atoms with Gasteiger partial charge in [-0.3, -0.25) is 4.79 Å². The maximum Gasteiger partial charge on any atom is 0.246 e. The fourth-order valence-electron chi connectivity index (χ4n) is 2.41. The molecule has 23 heavy (non-hydrogen) atoms. The number of likely N-dealkylation sites (N-methyl/N-ethyl adjacent to an activating group) is 1. The number of benzene rings is 1. The Bertz CT molecular complexity index is 732. The molecule has 0 spiro atoms. The molecular formula is C18H19NO4. The minimum absolute atomic E-state index is 0.0563. The van der Waals surface area contributed by atoms with Gasteiger partial charge in [-0.25, -0.2) is 0 Å². The molecule has 2 heterocycles. The lowest BCUT2D eigenvalue weighted by Crippen LogP contribution is -2.28. The molecule has 0 N–H and O–H groups in total. The second kappa shape index (κ2) is 6.60. The number of hydrogen-bond acceptors (Lipinski definition) is 4. The molecule has 120 valence electrons. The first kappa shape index (κ1) is 15.2. The number of hydrogen-bond donors (Lipinski definition) is 0. The summed E-state index contributed by atoms with van der Waals surface area (Å²) in [5.74, 6) is 2.92. The predicted octanol–water partition coefficient (Wildman–Crippen LogP) is 3.38. The van der Waals surface area contributed by atoms with Gasteiger partial charge in [0.1, 0.15) is 11.5 Å². The Balaban J connectivity index is 1.67. The average molecular weight is 313 g/mol. The highest BCUT2D eigenvalue weighted by Crippen LogP contribution is 2.32. The average Bonchev–Trinajstić information content (AvgIpc) is 3.18. The summed E-state index contributed by atoms with van der Waals surface area (Å²) in [5.41, 5.74) is 1.01. The van der Waals surface area contributed by atoms with E-state index in [4.69, 9.17) is 13.9 Å². The third-order valence-electron chi connectivity index (χ3n) is 3.66. The molecule has 0 bridgehead atoms. The van der Waals surface area contributed by atoms with E-state index < -0.39 is 0 Å². The summed E-state index contributed by atoms with van der Waals surface area (Å²) in [6.07, 6.45) is 3.23. The van der Waals surface area contributed by atoms with E-state index in [2.05, 4.69) is 0 Å². The first-order valence-corrected chi connectivity index (χ1v) is 7.57. The fourth-order valence-corrected chi connectivity index (χ4v) is 2.41. The largest absolute Gasteiger partial charge is 0.462 e. The van der Waals surface area contributed by atoms with Gasteiger partial charge in [-0.15, -0.1) is 0 Å². The van der Waals surface area contributed by atoms with Crippen LogP contribution in [0.15, 0.2) is 40.8 Å². The third-order valence-corrected chi connectivity index (χ3v) is 3.66. The number of aryl methyl sites for hydroxylation is 1. The minimum atomic E-state index is -0.0563. The first-order valence-electron chi connectivity index (χ1n) is 7.57. The van der Waals surface area contributed by atoms with E-state index in [9.17, 15) is 4.79 Å². The molecule has 0 saturated carbocycles. The molecule has 2 aromatic rings. The van der Waals surface area contributed by atoms with Crippen molar-refractivity contribution >= 4 is 12.0 Å². The summed E-state index contributed by atoms with van der Waals surface area (Å²) in [7, 11) is 0. The van der Waals surface area contributed by atoms with Crippen LogP contribution in [0.3, 0.4) is 0 Å². The van der Waals surface area contributed by atoms with Crippen LogP contribution in [0, 0.1) is 6.92 Å². The normalized spacial score (nSPS) is 12.8. The number of rotatable bonds is 5. The van der Waals surface area contributed by atoms with Crippen LogP contribution in [0.2, 0.25) is 0 Å². The van der Waals surface area contributed by atoms with Crippen LogP contribution < -0.4 is 9.47 Å². The molecule has 0 saturated heterocycles. The summed E-state index contributed by atoms with van der Waals surface area (Å²) in [6.45, 7) is 5.22. The molecule has 5 nitrogen and oxygen atoms in total. The van der Waals surface area contributed by atoms with Crippen LogP contribution in [0.25, 0.3) is 6.08 Å². The highest BCUT2D eigenvalue weighted by Gasteiger charge is 2.15. The van der Waals surface area contributed by atoms with Gasteiger partial charge in [0.2, 0.25) is 12.7 Å².